The number of nitrogens with zero attached hydrogens (tertiary/aromatic N) is 2. The lowest BCUT2D eigenvalue weighted by atomic mass is 9.96. The summed E-state index contributed by atoms with van der Waals surface area (Å²) in [4.78, 5) is 18.0. The third-order valence-corrected chi connectivity index (χ3v) is 4.77. The zero-order valence-corrected chi connectivity index (χ0v) is 15.2. The van der Waals surface area contributed by atoms with E-state index in [9.17, 15) is 18.0 Å². The smallest absolute Gasteiger partial charge is 0.355 e. The number of amides is 1. The first-order chi connectivity index (χ1) is 12.8. The van der Waals surface area contributed by atoms with Crippen molar-refractivity contribution >= 4 is 23.3 Å². The highest BCUT2D eigenvalue weighted by Gasteiger charge is 2.37. The average molecular weight is 398 g/mol. The van der Waals surface area contributed by atoms with E-state index in [4.69, 9.17) is 11.6 Å². The van der Waals surface area contributed by atoms with Crippen molar-refractivity contribution in [2.45, 2.75) is 25.6 Å². The SMILES string of the molecule is O=C(NCc1cccc(Cl)c1)C1CCCN(c2ncccc2C(F)(F)F)C1. The molecule has 8 heteroatoms. The molecule has 1 aromatic heterocycles. The first-order valence-corrected chi connectivity index (χ1v) is 9.01. The molecule has 3 rings (SSSR count). The summed E-state index contributed by atoms with van der Waals surface area (Å²) in [6, 6.07) is 9.45. The first kappa shape index (κ1) is 19.5. The van der Waals surface area contributed by atoms with E-state index < -0.39 is 11.7 Å². The van der Waals surface area contributed by atoms with Gasteiger partial charge >= 0.3 is 6.18 Å². The lowest BCUT2D eigenvalue weighted by Gasteiger charge is -2.34. The van der Waals surface area contributed by atoms with Crippen molar-refractivity contribution in [3.05, 3.63) is 58.7 Å². The van der Waals surface area contributed by atoms with Crippen molar-refractivity contribution in [1.29, 1.82) is 0 Å². The van der Waals surface area contributed by atoms with Crippen molar-refractivity contribution in [3.8, 4) is 0 Å². The molecule has 1 unspecified atom stereocenters. The van der Waals surface area contributed by atoms with Gasteiger partial charge in [0.05, 0.1) is 11.5 Å². The van der Waals surface area contributed by atoms with Gasteiger partial charge in [-0.2, -0.15) is 13.2 Å². The summed E-state index contributed by atoms with van der Waals surface area (Å²) in [6.07, 6.45) is -1.88. The largest absolute Gasteiger partial charge is 0.419 e. The van der Waals surface area contributed by atoms with Gasteiger partial charge in [-0.15, -0.1) is 0 Å². The predicted molar refractivity (Wildman–Crippen MR) is 97.5 cm³/mol. The Morgan fingerprint density at radius 1 is 1.30 bits per heavy atom. The molecule has 27 heavy (non-hydrogen) atoms. The van der Waals surface area contributed by atoms with Crippen LogP contribution >= 0.6 is 11.6 Å². The lowest BCUT2D eigenvalue weighted by molar-refractivity contribution is -0.137. The van der Waals surface area contributed by atoms with Crippen LogP contribution in [0.25, 0.3) is 0 Å². The molecule has 2 heterocycles. The van der Waals surface area contributed by atoms with Gasteiger partial charge in [-0.1, -0.05) is 23.7 Å². The molecule has 0 radical (unpaired) electrons. The zero-order valence-electron chi connectivity index (χ0n) is 14.5. The molecule has 4 nitrogen and oxygen atoms in total. The Labute approximate surface area is 160 Å². The number of piperidine rings is 1. The molecule has 1 aliphatic rings. The molecule has 1 aromatic carbocycles. The second-order valence-corrected chi connectivity index (χ2v) is 6.94. The fourth-order valence-corrected chi connectivity index (χ4v) is 3.45. The zero-order chi connectivity index (χ0) is 19.4. The van der Waals surface area contributed by atoms with Crippen LogP contribution in [0.3, 0.4) is 0 Å². The van der Waals surface area contributed by atoms with Crippen molar-refractivity contribution in [1.82, 2.24) is 10.3 Å². The fraction of sp³-hybridized carbons (Fsp3) is 0.368. The van der Waals surface area contributed by atoms with E-state index >= 15 is 0 Å². The summed E-state index contributed by atoms with van der Waals surface area (Å²) in [5.41, 5.74) is 0.0950. The summed E-state index contributed by atoms with van der Waals surface area (Å²) >= 11 is 5.93. The molecule has 0 bridgehead atoms. The Hall–Kier alpha value is -2.28. The minimum Gasteiger partial charge on any atom is -0.355 e. The summed E-state index contributed by atoms with van der Waals surface area (Å²) in [7, 11) is 0. The number of carbonyl (C=O) groups is 1. The van der Waals surface area contributed by atoms with E-state index in [1.54, 1.807) is 23.1 Å². The Balaban J connectivity index is 1.67. The Bertz CT molecular complexity index is 813. The first-order valence-electron chi connectivity index (χ1n) is 8.64. The molecular weight excluding hydrogens is 379 g/mol. The lowest BCUT2D eigenvalue weighted by Crippen LogP contribution is -2.43. The molecule has 1 fully saturated rings. The summed E-state index contributed by atoms with van der Waals surface area (Å²) in [5.74, 6) is -0.678. The van der Waals surface area contributed by atoms with Crippen LogP contribution in [0.4, 0.5) is 19.0 Å². The van der Waals surface area contributed by atoms with Gasteiger partial charge in [-0.25, -0.2) is 4.98 Å². The van der Waals surface area contributed by atoms with Crippen LogP contribution < -0.4 is 10.2 Å². The minimum absolute atomic E-state index is 0.114. The number of anilines is 1. The van der Waals surface area contributed by atoms with Gasteiger partial charge < -0.3 is 10.2 Å². The number of rotatable bonds is 4. The van der Waals surface area contributed by atoms with Crippen LogP contribution in [0, 0.1) is 5.92 Å². The highest BCUT2D eigenvalue weighted by atomic mass is 35.5. The van der Waals surface area contributed by atoms with Crippen molar-refractivity contribution < 1.29 is 18.0 Å². The maximum atomic E-state index is 13.2. The van der Waals surface area contributed by atoms with Crippen LogP contribution in [0.5, 0.6) is 0 Å². The summed E-state index contributed by atoms with van der Waals surface area (Å²) in [5, 5.41) is 3.43. The van der Waals surface area contributed by atoms with Gasteiger partial charge in [0.2, 0.25) is 5.91 Å². The van der Waals surface area contributed by atoms with Gasteiger partial charge in [0.25, 0.3) is 0 Å². The number of alkyl halides is 3. The maximum absolute atomic E-state index is 13.2. The molecule has 0 spiro atoms. The van der Waals surface area contributed by atoms with E-state index in [-0.39, 0.29) is 24.2 Å². The van der Waals surface area contributed by atoms with E-state index in [1.165, 1.54) is 12.3 Å². The molecule has 144 valence electrons. The average Bonchev–Trinajstić information content (AvgIpc) is 2.65. The molecule has 2 aromatic rings. The molecule has 1 N–H and O–H groups in total. The third-order valence-electron chi connectivity index (χ3n) is 4.54. The molecule has 1 amide bonds. The Kier molecular flexibility index (Phi) is 5.89. The van der Waals surface area contributed by atoms with E-state index in [0.717, 1.165) is 11.6 Å². The summed E-state index contributed by atoms with van der Waals surface area (Å²) in [6.45, 7) is 0.979. The van der Waals surface area contributed by atoms with Gasteiger partial charge in [-0.05, 0) is 42.7 Å². The number of halogens is 4. The van der Waals surface area contributed by atoms with Crippen LogP contribution in [0.2, 0.25) is 5.02 Å². The fourth-order valence-electron chi connectivity index (χ4n) is 3.23. The van der Waals surface area contributed by atoms with Crippen molar-refractivity contribution in [2.75, 3.05) is 18.0 Å². The topological polar surface area (TPSA) is 45.2 Å². The molecule has 1 aliphatic heterocycles. The normalized spacial score (nSPS) is 17.6. The van der Waals surface area contributed by atoms with Crippen molar-refractivity contribution in [3.63, 3.8) is 0 Å². The minimum atomic E-state index is -4.48. The van der Waals surface area contributed by atoms with Crippen LogP contribution in [0.1, 0.15) is 24.0 Å². The second-order valence-electron chi connectivity index (χ2n) is 6.51. The number of carbonyl (C=O) groups excluding carboxylic acids is 1. The van der Waals surface area contributed by atoms with Gasteiger partial charge in [0, 0.05) is 30.9 Å². The van der Waals surface area contributed by atoms with Gasteiger partial charge in [0.15, 0.2) is 0 Å². The predicted octanol–water partition coefficient (Wildman–Crippen LogP) is 4.29. The van der Waals surface area contributed by atoms with Crippen LogP contribution in [-0.2, 0) is 17.5 Å². The van der Waals surface area contributed by atoms with Gasteiger partial charge in [0.1, 0.15) is 5.82 Å². The van der Waals surface area contributed by atoms with Crippen LogP contribution in [0.15, 0.2) is 42.6 Å². The Morgan fingerprint density at radius 2 is 2.11 bits per heavy atom. The highest BCUT2D eigenvalue weighted by Crippen LogP contribution is 2.36. The highest BCUT2D eigenvalue weighted by molar-refractivity contribution is 6.30. The molecule has 0 saturated carbocycles. The molecule has 0 aliphatic carbocycles. The standard InChI is InChI=1S/C19H19ClF3N3O/c20-15-6-1-4-13(10-15)11-25-18(27)14-5-3-9-26(12-14)17-16(19(21,22)23)7-2-8-24-17/h1-2,4,6-8,10,14H,3,5,9,11-12H2,(H,25,27). The number of hydrogen-bond acceptors (Lipinski definition) is 3. The van der Waals surface area contributed by atoms with Crippen LogP contribution in [-0.4, -0.2) is 24.0 Å². The molecule has 1 atom stereocenters. The van der Waals surface area contributed by atoms with E-state index in [2.05, 4.69) is 10.3 Å². The number of aromatic nitrogens is 1. The molecule has 1 saturated heterocycles. The van der Waals surface area contributed by atoms with E-state index in [1.807, 2.05) is 6.07 Å². The van der Waals surface area contributed by atoms with Crippen molar-refractivity contribution in [2.24, 2.45) is 5.92 Å². The van der Waals surface area contributed by atoms with Gasteiger partial charge in [-0.3, -0.25) is 4.79 Å². The number of pyridine rings is 1. The number of nitrogens with one attached hydrogen (secondary N) is 1. The third kappa shape index (κ3) is 4.91. The second kappa shape index (κ2) is 8.17. The summed E-state index contributed by atoms with van der Waals surface area (Å²) < 4.78 is 39.7. The Morgan fingerprint density at radius 3 is 2.85 bits per heavy atom. The molecular formula is C19H19ClF3N3O. The number of benzene rings is 1. The quantitative estimate of drug-likeness (QED) is 0.837. The number of hydrogen-bond donors (Lipinski definition) is 1. The monoisotopic (exact) mass is 397 g/mol. The van der Waals surface area contributed by atoms with E-state index in [0.29, 0.717) is 31.0 Å². The maximum Gasteiger partial charge on any atom is 0.419 e.